The fraction of sp³-hybridized carbons (Fsp3) is 0.562. The summed E-state index contributed by atoms with van der Waals surface area (Å²) in [4.78, 5) is 15.1. The van der Waals surface area contributed by atoms with E-state index in [0.29, 0.717) is 11.1 Å². The number of carbonyl (C=O) groups excluding carboxylic acids is 1. The van der Waals surface area contributed by atoms with Gasteiger partial charge >= 0.3 is 0 Å². The summed E-state index contributed by atoms with van der Waals surface area (Å²) in [6.45, 7) is 7.73. The number of Topliss-reactive ketones (excluding diaryl/α,β-unsaturated/α-hetero) is 1. The molecule has 1 unspecified atom stereocenters. The lowest BCUT2D eigenvalue weighted by Crippen LogP contribution is -2.50. The molecule has 0 aliphatic carbocycles. The number of rotatable bonds is 4. The Morgan fingerprint density at radius 1 is 1.37 bits per heavy atom. The monoisotopic (exact) mass is 263 g/mol. The molecular weight excluding hydrogens is 241 g/mol. The summed E-state index contributed by atoms with van der Waals surface area (Å²) >= 11 is 0. The highest BCUT2D eigenvalue weighted by Gasteiger charge is 2.39. The van der Waals surface area contributed by atoms with Gasteiger partial charge in [0.2, 0.25) is 0 Å². The summed E-state index contributed by atoms with van der Waals surface area (Å²) in [5.74, 6) is -0.143. The smallest absolute Gasteiger partial charge is 0.182 e. The normalized spacial score (nSPS) is 19.4. The lowest BCUT2D eigenvalue weighted by Gasteiger charge is -2.36. The van der Waals surface area contributed by atoms with E-state index in [1.54, 1.807) is 19.1 Å². The zero-order chi connectivity index (χ0) is 14.0. The summed E-state index contributed by atoms with van der Waals surface area (Å²) in [6, 6.07) is 4.67. The molecule has 1 aliphatic rings. The molecule has 1 saturated heterocycles. The first kappa shape index (κ1) is 14.2. The van der Waals surface area contributed by atoms with Crippen molar-refractivity contribution < 1.29 is 9.18 Å². The van der Waals surface area contributed by atoms with Gasteiger partial charge in [0.25, 0.3) is 0 Å². The van der Waals surface area contributed by atoms with Crippen molar-refractivity contribution in [3.63, 3.8) is 0 Å². The number of carbonyl (C=O) groups is 1. The van der Waals surface area contributed by atoms with Gasteiger partial charge < -0.3 is 0 Å². The van der Waals surface area contributed by atoms with Gasteiger partial charge in [-0.1, -0.05) is 6.92 Å². The zero-order valence-electron chi connectivity index (χ0n) is 12.0. The minimum Gasteiger partial charge on any atom is -0.292 e. The van der Waals surface area contributed by atoms with E-state index in [1.165, 1.54) is 6.07 Å². The molecule has 1 aromatic carbocycles. The fourth-order valence-electron chi connectivity index (χ4n) is 2.84. The number of hydrogen-bond donors (Lipinski definition) is 0. The van der Waals surface area contributed by atoms with E-state index in [1.807, 2.05) is 13.8 Å². The molecule has 0 radical (unpaired) electrons. The first-order valence-corrected chi connectivity index (χ1v) is 7.05. The molecule has 1 heterocycles. The maximum atomic E-state index is 13.3. The van der Waals surface area contributed by atoms with Crippen LogP contribution >= 0.6 is 0 Å². The second-order valence-corrected chi connectivity index (χ2v) is 5.61. The van der Waals surface area contributed by atoms with Crippen molar-refractivity contribution in [1.82, 2.24) is 4.90 Å². The van der Waals surface area contributed by atoms with Gasteiger partial charge in [-0.25, -0.2) is 4.39 Å². The largest absolute Gasteiger partial charge is 0.292 e. The number of hydrogen-bond acceptors (Lipinski definition) is 2. The number of nitrogens with zero attached hydrogens (tertiary/aromatic N) is 1. The van der Waals surface area contributed by atoms with Gasteiger partial charge in [-0.05, 0) is 70.0 Å². The van der Waals surface area contributed by atoms with Crippen LogP contribution in [0.3, 0.4) is 0 Å². The third kappa shape index (κ3) is 2.57. The van der Waals surface area contributed by atoms with Crippen LogP contribution in [-0.4, -0.2) is 29.3 Å². The second-order valence-electron chi connectivity index (χ2n) is 5.61. The Kier molecular flexibility index (Phi) is 4.04. The fourth-order valence-corrected chi connectivity index (χ4v) is 2.84. The van der Waals surface area contributed by atoms with E-state index in [2.05, 4.69) is 4.90 Å². The Bertz CT molecular complexity index is 480. The molecule has 0 spiro atoms. The van der Waals surface area contributed by atoms with E-state index in [4.69, 9.17) is 0 Å². The third-order valence-electron chi connectivity index (χ3n) is 4.40. The molecule has 0 amide bonds. The maximum Gasteiger partial charge on any atom is 0.182 e. The molecule has 0 aromatic heterocycles. The number of aryl methyl sites for hydroxylation is 1. The average Bonchev–Trinajstić information content (AvgIpc) is 2.94. The Morgan fingerprint density at radius 3 is 2.53 bits per heavy atom. The molecule has 1 fully saturated rings. The van der Waals surface area contributed by atoms with E-state index in [9.17, 15) is 9.18 Å². The summed E-state index contributed by atoms with van der Waals surface area (Å²) in [5, 5.41) is 0. The molecule has 2 rings (SSSR count). The molecule has 2 nitrogen and oxygen atoms in total. The van der Waals surface area contributed by atoms with Crippen LogP contribution in [0.1, 0.15) is 49.0 Å². The molecular formula is C16H22FNO. The number of halogens is 1. The van der Waals surface area contributed by atoms with Crippen molar-refractivity contribution in [3.05, 3.63) is 35.1 Å². The van der Waals surface area contributed by atoms with Crippen LogP contribution in [0.4, 0.5) is 4.39 Å². The molecule has 1 atom stereocenters. The van der Waals surface area contributed by atoms with Gasteiger partial charge in [0.1, 0.15) is 5.82 Å². The van der Waals surface area contributed by atoms with Gasteiger partial charge in [-0.15, -0.1) is 0 Å². The summed E-state index contributed by atoms with van der Waals surface area (Å²) in [7, 11) is 0. The van der Waals surface area contributed by atoms with Crippen molar-refractivity contribution in [2.45, 2.75) is 45.6 Å². The van der Waals surface area contributed by atoms with Gasteiger partial charge in [-0.3, -0.25) is 9.69 Å². The molecule has 0 saturated carbocycles. The van der Waals surface area contributed by atoms with Crippen molar-refractivity contribution in [1.29, 1.82) is 0 Å². The Morgan fingerprint density at radius 2 is 2.00 bits per heavy atom. The summed E-state index contributed by atoms with van der Waals surface area (Å²) < 4.78 is 13.3. The van der Waals surface area contributed by atoms with E-state index in [0.717, 1.165) is 32.4 Å². The third-order valence-corrected chi connectivity index (χ3v) is 4.40. The molecule has 0 N–H and O–H groups in total. The summed E-state index contributed by atoms with van der Waals surface area (Å²) in [5.41, 5.74) is 0.696. The SMILES string of the molecule is CCC(C)(C(=O)c1ccc(F)c(C)c1)N1CCCC1. The average molecular weight is 263 g/mol. The molecule has 1 aliphatic heterocycles. The van der Waals surface area contributed by atoms with Crippen molar-refractivity contribution >= 4 is 5.78 Å². The van der Waals surface area contributed by atoms with Crippen LogP contribution in [0.5, 0.6) is 0 Å². The highest BCUT2D eigenvalue weighted by atomic mass is 19.1. The van der Waals surface area contributed by atoms with Crippen LogP contribution in [0.15, 0.2) is 18.2 Å². The van der Waals surface area contributed by atoms with Crippen LogP contribution in [0, 0.1) is 12.7 Å². The van der Waals surface area contributed by atoms with E-state index < -0.39 is 5.54 Å². The quantitative estimate of drug-likeness (QED) is 0.774. The Balaban J connectivity index is 2.31. The molecule has 19 heavy (non-hydrogen) atoms. The van der Waals surface area contributed by atoms with Crippen LogP contribution in [0.2, 0.25) is 0 Å². The number of benzene rings is 1. The Labute approximate surface area is 114 Å². The number of likely N-dealkylation sites (tertiary alicyclic amines) is 1. The highest BCUT2D eigenvalue weighted by molar-refractivity contribution is 6.03. The highest BCUT2D eigenvalue weighted by Crippen LogP contribution is 2.28. The molecule has 104 valence electrons. The lowest BCUT2D eigenvalue weighted by molar-refractivity contribution is 0.0647. The van der Waals surface area contributed by atoms with Crippen LogP contribution in [0.25, 0.3) is 0 Å². The number of ketones is 1. The van der Waals surface area contributed by atoms with Crippen molar-refractivity contribution in [3.8, 4) is 0 Å². The van der Waals surface area contributed by atoms with Crippen molar-refractivity contribution in [2.75, 3.05) is 13.1 Å². The van der Waals surface area contributed by atoms with Gasteiger partial charge in [0.15, 0.2) is 5.78 Å². The van der Waals surface area contributed by atoms with Gasteiger partial charge in [0.05, 0.1) is 5.54 Å². The van der Waals surface area contributed by atoms with Crippen molar-refractivity contribution in [2.24, 2.45) is 0 Å². The minimum atomic E-state index is -0.458. The Hall–Kier alpha value is -1.22. The van der Waals surface area contributed by atoms with E-state index in [-0.39, 0.29) is 11.6 Å². The first-order valence-electron chi connectivity index (χ1n) is 7.05. The minimum absolute atomic E-state index is 0.111. The van der Waals surface area contributed by atoms with Crippen LogP contribution < -0.4 is 0 Å². The molecule has 1 aromatic rings. The lowest BCUT2D eigenvalue weighted by atomic mass is 9.86. The standard InChI is InChI=1S/C16H22FNO/c1-4-16(3,18-9-5-6-10-18)15(19)13-7-8-14(17)12(2)11-13/h7-8,11H,4-6,9-10H2,1-3H3. The second kappa shape index (κ2) is 5.41. The van der Waals surface area contributed by atoms with Crippen LogP contribution in [-0.2, 0) is 0 Å². The predicted octanol–water partition coefficient (Wildman–Crippen LogP) is 3.58. The van der Waals surface area contributed by atoms with Gasteiger partial charge in [-0.2, -0.15) is 0 Å². The van der Waals surface area contributed by atoms with Gasteiger partial charge in [0, 0.05) is 5.56 Å². The predicted molar refractivity (Wildman–Crippen MR) is 75.0 cm³/mol. The van der Waals surface area contributed by atoms with E-state index >= 15 is 0 Å². The topological polar surface area (TPSA) is 20.3 Å². The molecule has 3 heteroatoms. The maximum absolute atomic E-state index is 13.3. The summed E-state index contributed by atoms with van der Waals surface area (Å²) in [6.07, 6.45) is 3.10. The first-order chi connectivity index (χ1) is 8.99. The zero-order valence-corrected chi connectivity index (χ0v) is 12.0. The molecule has 0 bridgehead atoms.